The standard InChI is InChI=1S/C21H24ClN3O4/c1-12-8-7-11-18(13(12)2)29-15(4)20(27)25-24-19(26)14(3)23-21(28)16-9-5-6-10-17(16)22/h5-11,14-15H,1-4H3,(H,23,28)(H,24,26)(H,25,27)/t14-,15?/m0/s1. The number of amides is 3. The van der Waals surface area contributed by atoms with E-state index in [1.807, 2.05) is 26.0 Å². The van der Waals surface area contributed by atoms with Gasteiger partial charge in [-0.3, -0.25) is 25.2 Å². The fraction of sp³-hybridized carbons (Fsp3) is 0.286. The molecule has 0 aliphatic carbocycles. The molecule has 0 aromatic heterocycles. The van der Waals surface area contributed by atoms with E-state index in [2.05, 4.69) is 16.2 Å². The summed E-state index contributed by atoms with van der Waals surface area (Å²) in [6.45, 7) is 6.92. The monoisotopic (exact) mass is 417 g/mol. The van der Waals surface area contributed by atoms with Crippen LogP contribution in [0.15, 0.2) is 42.5 Å². The van der Waals surface area contributed by atoms with Crippen molar-refractivity contribution in [1.82, 2.24) is 16.2 Å². The number of carbonyl (C=O) groups excluding carboxylic acids is 3. The maximum absolute atomic E-state index is 12.2. The maximum Gasteiger partial charge on any atom is 0.279 e. The number of hydrazine groups is 1. The van der Waals surface area contributed by atoms with Crippen LogP contribution in [0.1, 0.15) is 35.3 Å². The number of hydrogen-bond donors (Lipinski definition) is 3. The molecule has 2 atom stereocenters. The Morgan fingerprint density at radius 2 is 1.59 bits per heavy atom. The molecule has 0 aliphatic heterocycles. The Balaban J connectivity index is 1.85. The van der Waals surface area contributed by atoms with Crippen molar-refractivity contribution in [2.45, 2.75) is 39.8 Å². The van der Waals surface area contributed by atoms with Gasteiger partial charge in [-0.25, -0.2) is 0 Å². The minimum Gasteiger partial charge on any atom is -0.481 e. The fourth-order valence-electron chi connectivity index (χ4n) is 2.41. The number of ether oxygens (including phenoxy) is 1. The van der Waals surface area contributed by atoms with E-state index in [9.17, 15) is 14.4 Å². The summed E-state index contributed by atoms with van der Waals surface area (Å²) in [5.74, 6) is -1.00. The van der Waals surface area contributed by atoms with Crippen LogP contribution in [0.2, 0.25) is 5.02 Å². The van der Waals surface area contributed by atoms with Crippen molar-refractivity contribution < 1.29 is 19.1 Å². The van der Waals surface area contributed by atoms with Crippen LogP contribution in [0.5, 0.6) is 5.75 Å². The van der Waals surface area contributed by atoms with E-state index >= 15 is 0 Å². The van der Waals surface area contributed by atoms with Crippen LogP contribution < -0.4 is 20.9 Å². The average Bonchev–Trinajstić information content (AvgIpc) is 2.69. The quantitative estimate of drug-likeness (QED) is 0.629. The lowest BCUT2D eigenvalue weighted by atomic mass is 10.1. The summed E-state index contributed by atoms with van der Waals surface area (Å²) in [4.78, 5) is 36.6. The van der Waals surface area contributed by atoms with E-state index in [1.54, 1.807) is 37.3 Å². The lowest BCUT2D eigenvalue weighted by Crippen LogP contribution is -2.53. The van der Waals surface area contributed by atoms with Gasteiger partial charge in [-0.1, -0.05) is 35.9 Å². The Morgan fingerprint density at radius 3 is 2.28 bits per heavy atom. The van der Waals surface area contributed by atoms with Gasteiger partial charge in [0.25, 0.3) is 17.7 Å². The first-order valence-corrected chi connectivity index (χ1v) is 9.46. The summed E-state index contributed by atoms with van der Waals surface area (Å²) in [5, 5.41) is 2.81. The predicted molar refractivity (Wildman–Crippen MR) is 111 cm³/mol. The molecule has 2 aromatic rings. The van der Waals surface area contributed by atoms with Crippen LogP contribution >= 0.6 is 11.6 Å². The summed E-state index contributed by atoms with van der Waals surface area (Å²) in [5.41, 5.74) is 6.82. The molecule has 0 heterocycles. The first kappa shape index (κ1) is 22.2. The van der Waals surface area contributed by atoms with Crippen LogP contribution in [0.4, 0.5) is 0 Å². The summed E-state index contributed by atoms with van der Waals surface area (Å²) >= 11 is 5.97. The molecule has 7 nitrogen and oxygen atoms in total. The van der Waals surface area contributed by atoms with E-state index in [4.69, 9.17) is 16.3 Å². The molecule has 0 saturated heterocycles. The Labute approximate surface area is 174 Å². The van der Waals surface area contributed by atoms with E-state index in [-0.39, 0.29) is 10.6 Å². The topological polar surface area (TPSA) is 96.5 Å². The summed E-state index contributed by atoms with van der Waals surface area (Å²) < 4.78 is 5.67. The van der Waals surface area contributed by atoms with Crippen molar-refractivity contribution in [3.05, 3.63) is 64.2 Å². The number of aryl methyl sites for hydroxylation is 1. The van der Waals surface area contributed by atoms with Gasteiger partial charge < -0.3 is 10.1 Å². The van der Waals surface area contributed by atoms with Gasteiger partial charge in [0.2, 0.25) is 0 Å². The number of carbonyl (C=O) groups is 3. The van der Waals surface area contributed by atoms with Crippen molar-refractivity contribution in [3.8, 4) is 5.75 Å². The van der Waals surface area contributed by atoms with Crippen molar-refractivity contribution in [2.24, 2.45) is 0 Å². The number of benzene rings is 2. The lowest BCUT2D eigenvalue weighted by Gasteiger charge is -2.19. The van der Waals surface area contributed by atoms with E-state index in [0.717, 1.165) is 11.1 Å². The van der Waals surface area contributed by atoms with Crippen molar-refractivity contribution in [2.75, 3.05) is 0 Å². The molecule has 3 N–H and O–H groups in total. The molecule has 0 bridgehead atoms. The minimum atomic E-state index is -0.894. The van der Waals surface area contributed by atoms with Gasteiger partial charge >= 0.3 is 0 Å². The molecule has 0 radical (unpaired) electrons. The second-order valence-corrected chi connectivity index (χ2v) is 7.02. The molecule has 0 aliphatic rings. The third kappa shape index (κ3) is 5.96. The van der Waals surface area contributed by atoms with Gasteiger partial charge in [0.05, 0.1) is 10.6 Å². The number of hydrogen-bond acceptors (Lipinski definition) is 4. The van der Waals surface area contributed by atoms with Gasteiger partial charge in [0, 0.05) is 0 Å². The van der Waals surface area contributed by atoms with Crippen LogP contribution in [-0.4, -0.2) is 29.9 Å². The molecule has 2 aromatic carbocycles. The summed E-state index contributed by atoms with van der Waals surface area (Å²) in [7, 11) is 0. The normalized spacial score (nSPS) is 12.4. The molecule has 0 fully saturated rings. The van der Waals surface area contributed by atoms with Crippen LogP contribution in [0.25, 0.3) is 0 Å². The number of halogens is 1. The van der Waals surface area contributed by atoms with E-state index in [1.165, 1.54) is 6.92 Å². The molecular weight excluding hydrogens is 394 g/mol. The van der Waals surface area contributed by atoms with Gasteiger partial charge in [0.1, 0.15) is 11.8 Å². The Bertz CT molecular complexity index is 917. The minimum absolute atomic E-state index is 0.258. The van der Waals surface area contributed by atoms with E-state index in [0.29, 0.717) is 5.75 Å². The second kappa shape index (κ2) is 9.93. The smallest absolute Gasteiger partial charge is 0.279 e. The first-order valence-electron chi connectivity index (χ1n) is 9.08. The van der Waals surface area contributed by atoms with Gasteiger partial charge in [-0.05, 0) is 57.0 Å². The third-order valence-electron chi connectivity index (χ3n) is 4.40. The Hall–Kier alpha value is -3.06. The van der Waals surface area contributed by atoms with Crippen molar-refractivity contribution in [1.29, 1.82) is 0 Å². The highest BCUT2D eigenvalue weighted by atomic mass is 35.5. The molecule has 0 saturated carbocycles. The first-order chi connectivity index (χ1) is 13.7. The zero-order valence-electron chi connectivity index (χ0n) is 16.7. The van der Waals surface area contributed by atoms with Crippen LogP contribution in [-0.2, 0) is 9.59 Å². The molecule has 154 valence electrons. The second-order valence-electron chi connectivity index (χ2n) is 6.61. The summed E-state index contributed by atoms with van der Waals surface area (Å²) in [6, 6.07) is 11.2. The van der Waals surface area contributed by atoms with Gasteiger partial charge in [0.15, 0.2) is 6.10 Å². The zero-order valence-corrected chi connectivity index (χ0v) is 17.5. The molecule has 2 rings (SSSR count). The van der Waals surface area contributed by atoms with Crippen molar-refractivity contribution >= 4 is 29.3 Å². The average molecular weight is 418 g/mol. The van der Waals surface area contributed by atoms with Gasteiger partial charge in [-0.2, -0.15) is 0 Å². The molecule has 1 unspecified atom stereocenters. The van der Waals surface area contributed by atoms with Crippen molar-refractivity contribution in [3.63, 3.8) is 0 Å². The predicted octanol–water partition coefficient (Wildman–Crippen LogP) is 2.69. The highest BCUT2D eigenvalue weighted by Crippen LogP contribution is 2.21. The van der Waals surface area contributed by atoms with E-state index < -0.39 is 29.9 Å². The van der Waals surface area contributed by atoms with Gasteiger partial charge in [-0.15, -0.1) is 0 Å². The zero-order chi connectivity index (χ0) is 21.6. The highest BCUT2D eigenvalue weighted by Gasteiger charge is 2.21. The highest BCUT2D eigenvalue weighted by molar-refractivity contribution is 6.33. The molecule has 3 amide bonds. The number of nitrogens with one attached hydrogen (secondary N) is 3. The largest absolute Gasteiger partial charge is 0.481 e. The SMILES string of the molecule is Cc1cccc(OC(C)C(=O)NNC(=O)[C@H](C)NC(=O)c2ccccc2Cl)c1C. The molecule has 8 heteroatoms. The molecule has 29 heavy (non-hydrogen) atoms. The van der Waals surface area contributed by atoms with Crippen LogP contribution in [0, 0.1) is 13.8 Å². The third-order valence-corrected chi connectivity index (χ3v) is 4.73. The van der Waals surface area contributed by atoms with Crippen LogP contribution in [0.3, 0.4) is 0 Å². The number of rotatable bonds is 6. The molecule has 0 spiro atoms. The summed E-state index contributed by atoms with van der Waals surface area (Å²) in [6.07, 6.45) is -0.830. The fourth-order valence-corrected chi connectivity index (χ4v) is 2.64. The maximum atomic E-state index is 12.2. The lowest BCUT2D eigenvalue weighted by molar-refractivity contribution is -0.133. The Morgan fingerprint density at radius 1 is 0.931 bits per heavy atom. The molecular formula is C21H24ClN3O4. The Kier molecular flexibility index (Phi) is 7.61.